The summed E-state index contributed by atoms with van der Waals surface area (Å²) in [4.78, 5) is 49.8. The van der Waals surface area contributed by atoms with Gasteiger partial charge in [0.1, 0.15) is 12.2 Å². The van der Waals surface area contributed by atoms with Crippen LogP contribution in [0.3, 0.4) is 0 Å². The number of imide groups is 2. The average Bonchev–Trinajstić information content (AvgIpc) is 2.86. The van der Waals surface area contributed by atoms with Gasteiger partial charge in [-0.25, -0.2) is 14.5 Å². The third-order valence-corrected chi connectivity index (χ3v) is 5.49. The fraction of sp³-hybridized carbons (Fsp3) is 0.111. The molecule has 1 saturated heterocycles. The predicted octanol–water partition coefficient (Wildman–Crippen LogP) is 3.95. The highest BCUT2D eigenvalue weighted by Gasteiger charge is 2.36. The molecule has 36 heavy (non-hydrogen) atoms. The lowest BCUT2D eigenvalue weighted by Gasteiger charge is -2.26. The Morgan fingerprint density at radius 2 is 1.67 bits per heavy atom. The number of carbonyl (C=O) groups is 4. The number of carboxylic acid groups (broad SMARTS) is 1. The molecule has 4 amide bonds. The van der Waals surface area contributed by atoms with E-state index in [1.165, 1.54) is 37.5 Å². The molecule has 1 aliphatic rings. The molecule has 2 N–H and O–H groups in total. The molecule has 0 unspecified atom stereocenters. The molecule has 0 bridgehead atoms. The number of methoxy groups -OCH3 is 1. The van der Waals surface area contributed by atoms with Gasteiger partial charge >= 0.3 is 12.0 Å². The van der Waals surface area contributed by atoms with E-state index in [2.05, 4.69) is 5.32 Å². The second kappa shape index (κ2) is 10.1. The second-order valence-electron chi connectivity index (χ2n) is 7.99. The number of amides is 4. The van der Waals surface area contributed by atoms with Gasteiger partial charge in [-0.3, -0.25) is 14.9 Å². The van der Waals surface area contributed by atoms with Gasteiger partial charge in [0.2, 0.25) is 0 Å². The van der Waals surface area contributed by atoms with Crippen molar-refractivity contribution in [1.29, 1.82) is 0 Å². The molecule has 0 aromatic heterocycles. The summed E-state index contributed by atoms with van der Waals surface area (Å²) in [6.45, 7) is 2.33. The smallest absolute Gasteiger partial charge is 0.335 e. The highest BCUT2D eigenvalue weighted by atomic mass is 16.5. The van der Waals surface area contributed by atoms with Crippen molar-refractivity contribution in [3.05, 3.63) is 94.6 Å². The summed E-state index contributed by atoms with van der Waals surface area (Å²) >= 11 is 0. The van der Waals surface area contributed by atoms with Crippen LogP contribution in [0, 0.1) is 6.92 Å². The minimum atomic E-state index is -1.15. The molecule has 0 spiro atoms. The van der Waals surface area contributed by atoms with E-state index in [-0.39, 0.29) is 16.8 Å². The maximum Gasteiger partial charge on any atom is 0.335 e. The second-order valence-corrected chi connectivity index (χ2v) is 7.99. The van der Waals surface area contributed by atoms with Crippen LogP contribution in [-0.2, 0) is 16.2 Å². The van der Waals surface area contributed by atoms with E-state index in [1.54, 1.807) is 18.2 Å². The van der Waals surface area contributed by atoms with Gasteiger partial charge in [0.15, 0.2) is 11.5 Å². The molecule has 0 atom stereocenters. The number of hydrogen-bond donors (Lipinski definition) is 2. The Morgan fingerprint density at radius 1 is 0.972 bits per heavy atom. The van der Waals surface area contributed by atoms with Gasteiger partial charge in [-0.15, -0.1) is 0 Å². The van der Waals surface area contributed by atoms with Crippen molar-refractivity contribution in [2.75, 3.05) is 12.0 Å². The standard InChI is InChI=1S/C27H22N2O7/c1-16-3-5-17(6-4-16)15-36-22-12-7-18(14-23(22)35-2)13-21-24(30)28-27(34)29(25(21)31)20-10-8-19(9-11-20)26(32)33/h3-14H,15H2,1-2H3,(H,32,33)(H,28,30,34)/b21-13+. The third-order valence-electron chi connectivity index (χ3n) is 5.49. The molecule has 9 nitrogen and oxygen atoms in total. The maximum atomic E-state index is 13.1. The lowest BCUT2D eigenvalue weighted by atomic mass is 10.1. The van der Waals surface area contributed by atoms with Gasteiger partial charge in [-0.1, -0.05) is 35.9 Å². The first-order chi connectivity index (χ1) is 17.3. The first kappa shape index (κ1) is 24.2. The summed E-state index contributed by atoms with van der Waals surface area (Å²) in [5.74, 6) is -1.95. The molecule has 9 heteroatoms. The number of nitrogens with one attached hydrogen (secondary N) is 1. The van der Waals surface area contributed by atoms with E-state index in [1.807, 2.05) is 31.2 Å². The summed E-state index contributed by atoms with van der Waals surface area (Å²) in [6.07, 6.45) is 1.34. The number of hydrogen-bond acceptors (Lipinski definition) is 6. The Kier molecular flexibility index (Phi) is 6.82. The molecule has 0 saturated carbocycles. The third kappa shape index (κ3) is 5.10. The molecule has 3 aromatic rings. The molecule has 182 valence electrons. The first-order valence-electron chi connectivity index (χ1n) is 10.9. The lowest BCUT2D eigenvalue weighted by molar-refractivity contribution is -0.122. The summed E-state index contributed by atoms with van der Waals surface area (Å²) < 4.78 is 11.3. The topological polar surface area (TPSA) is 122 Å². The van der Waals surface area contributed by atoms with E-state index >= 15 is 0 Å². The number of benzene rings is 3. The van der Waals surface area contributed by atoms with Crippen molar-refractivity contribution < 1.29 is 33.8 Å². The average molecular weight is 486 g/mol. The number of nitrogens with zero attached hydrogens (tertiary/aromatic N) is 1. The van der Waals surface area contributed by atoms with Gasteiger partial charge in [-0.2, -0.15) is 0 Å². The minimum Gasteiger partial charge on any atom is -0.493 e. The van der Waals surface area contributed by atoms with E-state index in [0.29, 0.717) is 23.7 Å². The number of anilines is 1. The summed E-state index contributed by atoms with van der Waals surface area (Å²) in [5, 5.41) is 11.2. The number of aromatic carboxylic acids is 1. The van der Waals surface area contributed by atoms with Crippen LogP contribution < -0.4 is 19.7 Å². The van der Waals surface area contributed by atoms with Gasteiger partial charge < -0.3 is 14.6 Å². The zero-order valence-corrected chi connectivity index (χ0v) is 19.5. The molecule has 3 aromatic carbocycles. The summed E-state index contributed by atoms with van der Waals surface area (Å²) in [7, 11) is 1.48. The van der Waals surface area contributed by atoms with Crippen LogP contribution in [0.4, 0.5) is 10.5 Å². The van der Waals surface area contributed by atoms with Crippen LogP contribution in [0.1, 0.15) is 27.0 Å². The predicted molar refractivity (Wildman–Crippen MR) is 131 cm³/mol. The highest BCUT2D eigenvalue weighted by molar-refractivity contribution is 6.39. The molecule has 1 fully saturated rings. The Labute approximate surface area is 206 Å². The molecular weight excluding hydrogens is 464 g/mol. The van der Waals surface area contributed by atoms with Gasteiger partial charge in [0.05, 0.1) is 18.4 Å². The molecule has 4 rings (SSSR count). The quantitative estimate of drug-likeness (QED) is 0.383. The fourth-order valence-corrected chi connectivity index (χ4v) is 3.55. The lowest BCUT2D eigenvalue weighted by Crippen LogP contribution is -2.54. The van der Waals surface area contributed by atoms with Crippen molar-refractivity contribution in [1.82, 2.24) is 5.32 Å². The molecular formula is C27H22N2O7. The summed E-state index contributed by atoms with van der Waals surface area (Å²) in [6, 6.07) is 17.1. The Hall–Kier alpha value is -4.92. The van der Waals surface area contributed by atoms with Crippen molar-refractivity contribution in [2.24, 2.45) is 0 Å². The molecule has 0 aliphatic carbocycles. The number of aryl methyl sites for hydroxylation is 1. The minimum absolute atomic E-state index is 0.00718. The van der Waals surface area contributed by atoms with Crippen molar-refractivity contribution in [3.8, 4) is 11.5 Å². The van der Waals surface area contributed by atoms with Crippen LogP contribution in [0.5, 0.6) is 11.5 Å². The van der Waals surface area contributed by atoms with E-state index in [0.717, 1.165) is 16.0 Å². The largest absolute Gasteiger partial charge is 0.493 e. The molecule has 1 aliphatic heterocycles. The highest BCUT2D eigenvalue weighted by Crippen LogP contribution is 2.30. The Morgan fingerprint density at radius 3 is 2.31 bits per heavy atom. The van der Waals surface area contributed by atoms with Crippen LogP contribution >= 0.6 is 0 Å². The van der Waals surface area contributed by atoms with Crippen LogP contribution in [0.15, 0.2) is 72.3 Å². The van der Waals surface area contributed by atoms with Crippen molar-refractivity contribution >= 4 is 35.6 Å². The summed E-state index contributed by atoms with van der Waals surface area (Å²) in [5.41, 5.74) is 2.45. The number of rotatable bonds is 7. The van der Waals surface area contributed by atoms with Crippen molar-refractivity contribution in [2.45, 2.75) is 13.5 Å². The van der Waals surface area contributed by atoms with E-state index in [9.17, 15) is 19.2 Å². The SMILES string of the molecule is COc1cc(/C=C2\C(=O)NC(=O)N(c3ccc(C(=O)O)cc3)C2=O)ccc1OCc1ccc(C)cc1. The Bertz CT molecular complexity index is 1380. The van der Waals surface area contributed by atoms with E-state index < -0.39 is 23.8 Å². The Balaban J connectivity index is 1.58. The number of carbonyl (C=O) groups excluding carboxylic acids is 3. The van der Waals surface area contributed by atoms with Crippen LogP contribution in [-0.4, -0.2) is 36.0 Å². The van der Waals surface area contributed by atoms with Crippen LogP contribution in [0.25, 0.3) is 6.08 Å². The monoisotopic (exact) mass is 486 g/mol. The zero-order chi connectivity index (χ0) is 25.8. The zero-order valence-electron chi connectivity index (χ0n) is 19.5. The normalized spacial score (nSPS) is 14.6. The molecule has 1 heterocycles. The van der Waals surface area contributed by atoms with Gasteiger partial charge in [-0.05, 0) is 60.5 Å². The fourth-order valence-electron chi connectivity index (χ4n) is 3.55. The molecule has 0 radical (unpaired) electrons. The van der Waals surface area contributed by atoms with Gasteiger partial charge in [0.25, 0.3) is 11.8 Å². The van der Waals surface area contributed by atoms with Crippen LogP contribution in [0.2, 0.25) is 0 Å². The number of carboxylic acids is 1. The number of barbiturate groups is 1. The number of urea groups is 1. The first-order valence-corrected chi connectivity index (χ1v) is 10.9. The van der Waals surface area contributed by atoms with Crippen molar-refractivity contribution in [3.63, 3.8) is 0 Å². The van der Waals surface area contributed by atoms with E-state index in [4.69, 9.17) is 14.6 Å². The van der Waals surface area contributed by atoms with Gasteiger partial charge in [0, 0.05) is 0 Å². The number of ether oxygens (including phenoxy) is 2. The maximum absolute atomic E-state index is 13.1.